The monoisotopic (exact) mass is 1750 g/mol. The summed E-state index contributed by atoms with van der Waals surface area (Å²) in [7, 11) is 0. The van der Waals surface area contributed by atoms with Gasteiger partial charge in [-0.05, 0) is 137 Å². The van der Waals surface area contributed by atoms with Crippen LogP contribution >= 0.6 is 22.7 Å². The highest BCUT2D eigenvalue weighted by atomic mass is 32.1. The van der Waals surface area contributed by atoms with Gasteiger partial charge in [0.25, 0.3) is 0 Å². The van der Waals surface area contributed by atoms with Crippen LogP contribution in [0.2, 0.25) is 0 Å². The molecule has 16 heteroatoms. The third-order valence-corrected chi connectivity index (χ3v) is 27.2. The number of hydrogen-bond acceptors (Lipinski definition) is 14. The zero-order valence-electron chi connectivity index (χ0n) is 79.5. The first-order chi connectivity index (χ1) is 61.2. The summed E-state index contributed by atoms with van der Waals surface area (Å²) in [5.41, 5.74) is 5.10. The van der Waals surface area contributed by atoms with Crippen molar-refractivity contribution in [2.45, 2.75) is 452 Å². The van der Waals surface area contributed by atoms with Crippen molar-refractivity contribution in [2.75, 3.05) is 50.3 Å². The van der Waals surface area contributed by atoms with E-state index in [1.54, 1.807) is 22.7 Å². The van der Waals surface area contributed by atoms with Crippen molar-refractivity contribution in [1.29, 1.82) is 0 Å². The van der Waals surface area contributed by atoms with Gasteiger partial charge in [0.1, 0.15) is 20.0 Å². The summed E-state index contributed by atoms with van der Waals surface area (Å²) in [6.45, 7) is 17.4. The van der Waals surface area contributed by atoms with E-state index in [1.807, 2.05) is 48.5 Å². The van der Waals surface area contributed by atoms with Gasteiger partial charge < -0.3 is 39.1 Å². The predicted molar refractivity (Wildman–Crippen MR) is 528 cm³/mol. The predicted octanol–water partition coefficient (Wildman–Crippen LogP) is 34.2. The first kappa shape index (κ1) is 105. The van der Waals surface area contributed by atoms with E-state index in [1.165, 1.54) is 308 Å². The minimum absolute atomic E-state index is 0.0175. The summed E-state index contributed by atoms with van der Waals surface area (Å²) < 4.78 is 40.6. The molecule has 1 fully saturated rings. The number of unbranched alkanes of at least 4 members (excludes halogenated alkanes) is 54. The molecule has 14 nitrogen and oxygen atoms in total. The number of anilines is 2. The minimum atomic E-state index is -0.193. The zero-order valence-corrected chi connectivity index (χ0v) is 81.1. The number of benzene rings is 4. The second kappa shape index (κ2) is 69.7. The Morgan fingerprint density at radius 2 is 0.427 bits per heavy atom. The molecular formula is C108H174N6O8S2. The van der Waals surface area contributed by atoms with Gasteiger partial charge in [-0.3, -0.25) is 9.59 Å². The molecule has 0 spiro atoms. The van der Waals surface area contributed by atoms with E-state index in [2.05, 4.69) is 76.4 Å². The fourth-order valence-corrected chi connectivity index (χ4v) is 18.8. The summed E-state index contributed by atoms with van der Waals surface area (Å²) in [5, 5.41) is 28.6. The van der Waals surface area contributed by atoms with Gasteiger partial charge in [-0.2, -0.15) is 0 Å². The smallest absolute Gasteiger partial charge is 0.227 e. The summed E-state index contributed by atoms with van der Waals surface area (Å²) in [6, 6.07) is 24.2. The maximum atomic E-state index is 13.9. The van der Waals surface area contributed by atoms with E-state index in [-0.39, 0.29) is 23.7 Å². The van der Waals surface area contributed by atoms with Gasteiger partial charge in [-0.25, -0.2) is 0 Å². The second-order valence-corrected chi connectivity index (χ2v) is 38.2. The Morgan fingerprint density at radius 3 is 0.629 bits per heavy atom. The Kier molecular flexibility index (Phi) is 58.9. The number of carbonyl (C=O) groups excluding carboxylic acids is 2. The molecule has 1 aliphatic rings. The third-order valence-electron chi connectivity index (χ3n) is 25.2. The molecule has 2 N–H and O–H groups in total. The average molecular weight is 1750 g/mol. The van der Waals surface area contributed by atoms with Crippen molar-refractivity contribution >= 4 is 45.9 Å². The van der Waals surface area contributed by atoms with Crippen LogP contribution < -0.4 is 39.1 Å². The normalized spacial score (nSPS) is 13.4. The molecule has 4 aromatic carbocycles. The summed E-state index contributed by atoms with van der Waals surface area (Å²) in [4.78, 5) is 27.9. The molecule has 0 unspecified atom stereocenters. The van der Waals surface area contributed by atoms with Crippen molar-refractivity contribution in [3.05, 3.63) is 72.8 Å². The molecule has 0 saturated heterocycles. The first-order valence-electron chi connectivity index (χ1n) is 51.9. The lowest BCUT2D eigenvalue weighted by Gasteiger charge is -2.27. The number of aromatic nitrogens is 4. The Labute approximate surface area is 763 Å². The molecule has 2 heterocycles. The van der Waals surface area contributed by atoms with E-state index in [9.17, 15) is 9.59 Å². The Bertz CT molecular complexity index is 3280. The maximum absolute atomic E-state index is 13.9. The third kappa shape index (κ3) is 45.1. The number of nitrogens with zero attached hydrogens (tertiary/aromatic N) is 4. The van der Waals surface area contributed by atoms with Gasteiger partial charge in [-0.15, -0.1) is 20.4 Å². The molecule has 2 aromatic heterocycles. The molecular weight excluding hydrogens is 1570 g/mol. The molecule has 6 aromatic rings. The Morgan fingerprint density at radius 1 is 0.250 bits per heavy atom. The number of nitrogens with one attached hydrogen (secondary N) is 2. The van der Waals surface area contributed by atoms with Gasteiger partial charge in [0, 0.05) is 45.5 Å². The average Bonchev–Trinajstić information content (AvgIpc) is 1.55. The van der Waals surface area contributed by atoms with Crippen molar-refractivity contribution in [3.63, 3.8) is 0 Å². The van der Waals surface area contributed by atoms with Crippen molar-refractivity contribution in [2.24, 2.45) is 11.8 Å². The quantitative estimate of drug-likeness (QED) is 0.0348. The topological polar surface area (TPSA) is 165 Å². The van der Waals surface area contributed by atoms with Gasteiger partial charge in [0.15, 0.2) is 23.0 Å². The highest BCUT2D eigenvalue weighted by Gasteiger charge is 2.31. The van der Waals surface area contributed by atoms with Crippen molar-refractivity contribution in [3.8, 4) is 76.8 Å². The lowest BCUT2D eigenvalue weighted by molar-refractivity contribution is -0.125. The van der Waals surface area contributed by atoms with E-state index in [0.29, 0.717) is 76.8 Å². The highest BCUT2D eigenvalue weighted by Crippen LogP contribution is 2.46. The van der Waals surface area contributed by atoms with Crippen LogP contribution in [0.25, 0.3) is 42.3 Å². The maximum Gasteiger partial charge on any atom is 0.227 e. The van der Waals surface area contributed by atoms with Crippen LogP contribution in [0, 0.1) is 11.8 Å². The van der Waals surface area contributed by atoms with Gasteiger partial charge in [-0.1, -0.05) is 411 Å². The minimum Gasteiger partial charge on any atom is -0.490 e. The molecule has 0 aliphatic heterocycles. The highest BCUT2D eigenvalue weighted by molar-refractivity contribution is 7.18. The van der Waals surface area contributed by atoms with Crippen molar-refractivity contribution in [1.82, 2.24) is 20.4 Å². The summed E-state index contributed by atoms with van der Waals surface area (Å²) in [5.74, 6) is 3.87. The van der Waals surface area contributed by atoms with E-state index < -0.39 is 0 Å². The van der Waals surface area contributed by atoms with Crippen LogP contribution in [-0.2, 0) is 9.59 Å². The van der Waals surface area contributed by atoms with Crippen LogP contribution in [0.15, 0.2) is 72.8 Å². The largest absolute Gasteiger partial charge is 0.490 e. The van der Waals surface area contributed by atoms with Crippen LogP contribution in [-0.4, -0.2) is 71.9 Å². The Hall–Kier alpha value is -6.26. The van der Waals surface area contributed by atoms with Gasteiger partial charge >= 0.3 is 0 Å². The number of carbonyl (C=O) groups is 2. The first-order valence-corrected chi connectivity index (χ1v) is 53.5. The standard InChI is InChI=1S/C108H174N6O8S2/c1-7-13-19-25-31-37-43-49-55-61-79-117-97-85-93(86-98(118-80-62-56-50-44-38-32-26-20-14-8-2)101(97)121-83-65-59-53-47-41-35-29-23-17-11-5)107-113-111-105(123-107)91-71-75-95(76-72-91)109-103(115)89-67-69-90(70-68-89)104(116)110-96-77-73-92(74-78-96)106-112-114-108(124-106)94-87-99(119-81-63-57-51-45-39-33-27-21-15-9-3)102(122-84-66-60-54-48-42-36-30-24-18-12-6)100(88-94)120-82-64-58-52-46-40-34-28-22-16-10-4/h71-78,85-90H,7-70,79-84H2,1-6H3,(H,109,115)(H,110,116). The molecule has 0 atom stereocenters. The fraction of sp³-hybridized carbons (Fsp3) is 0.722. The molecule has 1 saturated carbocycles. The van der Waals surface area contributed by atoms with E-state index in [4.69, 9.17) is 48.8 Å². The lowest BCUT2D eigenvalue weighted by Crippen LogP contribution is -2.32. The van der Waals surface area contributed by atoms with E-state index >= 15 is 0 Å². The number of hydrogen-bond donors (Lipinski definition) is 2. The van der Waals surface area contributed by atoms with Crippen LogP contribution in [0.4, 0.5) is 11.4 Å². The van der Waals surface area contributed by atoms with Crippen LogP contribution in [0.1, 0.15) is 452 Å². The fourth-order valence-electron chi connectivity index (χ4n) is 17.1. The Balaban J connectivity index is 0.947. The molecule has 124 heavy (non-hydrogen) atoms. The molecule has 1 aliphatic carbocycles. The van der Waals surface area contributed by atoms with Crippen LogP contribution in [0.5, 0.6) is 34.5 Å². The molecule has 0 bridgehead atoms. The molecule has 2 amide bonds. The number of amides is 2. The number of ether oxygens (including phenoxy) is 6. The second-order valence-electron chi connectivity index (χ2n) is 36.3. The SMILES string of the molecule is CCCCCCCCCCCCOc1cc(-c2nnc(-c3ccc(NC(=O)C4CCC(C(=O)Nc5ccc(-c6nnc(-c7cc(OCCCCCCCCCCCC)c(OCCCCCCCCCCCC)c(OCCCCCCCCCCCC)c7)s6)cc5)CC4)cc3)s2)cc(OCCCCCCCCCCCC)c1OCCCCCCCCCCCC. The molecule has 696 valence electrons. The van der Waals surface area contributed by atoms with E-state index in [0.717, 1.165) is 154 Å². The summed E-state index contributed by atoms with van der Waals surface area (Å²) >= 11 is 3.08. The molecule has 7 rings (SSSR count). The van der Waals surface area contributed by atoms with Gasteiger partial charge in [0.2, 0.25) is 23.3 Å². The summed E-state index contributed by atoms with van der Waals surface area (Å²) in [6.07, 6.45) is 78.6. The van der Waals surface area contributed by atoms with Gasteiger partial charge in [0.05, 0.1) is 39.6 Å². The van der Waals surface area contributed by atoms with Crippen molar-refractivity contribution < 1.29 is 38.0 Å². The zero-order chi connectivity index (χ0) is 87.4. The van der Waals surface area contributed by atoms with Crippen LogP contribution in [0.3, 0.4) is 0 Å². The lowest BCUT2D eigenvalue weighted by atomic mass is 9.81. The molecule has 0 radical (unpaired) electrons. The number of rotatable bonds is 80.